The number of ether oxygens (including phenoxy) is 1. The third-order valence-electron chi connectivity index (χ3n) is 3.11. The van der Waals surface area contributed by atoms with Gasteiger partial charge in [-0.15, -0.1) is 0 Å². The summed E-state index contributed by atoms with van der Waals surface area (Å²) in [7, 11) is 1.50. The molecule has 1 saturated heterocycles. The molecule has 18 heavy (non-hydrogen) atoms. The van der Waals surface area contributed by atoms with Crippen molar-refractivity contribution in [3.05, 3.63) is 39.9 Å². The number of piperidine rings is 1. The highest BCUT2D eigenvalue weighted by Gasteiger charge is 2.39. The van der Waals surface area contributed by atoms with E-state index < -0.39 is 12.1 Å². The first-order chi connectivity index (χ1) is 8.63. The Hall–Kier alpha value is -2.11. The zero-order chi connectivity index (χ0) is 13.1. The Morgan fingerprint density at radius 2 is 2.17 bits per heavy atom. The van der Waals surface area contributed by atoms with Crippen LogP contribution < -0.4 is 10.1 Å². The van der Waals surface area contributed by atoms with Gasteiger partial charge in [-0.2, -0.15) is 0 Å². The maximum absolute atomic E-state index is 11.4. The highest BCUT2D eigenvalue weighted by Crippen LogP contribution is 2.32. The van der Waals surface area contributed by atoms with Gasteiger partial charge in [-0.05, 0) is 6.07 Å². The van der Waals surface area contributed by atoms with Crippen molar-refractivity contribution in [1.29, 1.82) is 0 Å². The fourth-order valence-corrected chi connectivity index (χ4v) is 2.22. The number of nitrogens with zero attached hydrogens (tertiary/aromatic N) is 1. The Labute approximate surface area is 104 Å². The van der Waals surface area contributed by atoms with Gasteiger partial charge in [-0.25, -0.2) is 0 Å². The molecule has 1 N–H and O–H groups in total. The number of rotatable bonds is 3. The lowest BCUT2D eigenvalue weighted by molar-refractivity contribution is -0.529. The number of para-hydroxylation sites is 1. The van der Waals surface area contributed by atoms with Crippen molar-refractivity contribution in [2.75, 3.05) is 7.11 Å². The Kier molecular flexibility index (Phi) is 3.45. The predicted octanol–water partition coefficient (Wildman–Crippen LogP) is 1.29. The van der Waals surface area contributed by atoms with E-state index in [9.17, 15) is 14.9 Å². The molecule has 96 valence electrons. The number of methoxy groups -OCH3 is 1. The molecule has 1 amide bonds. The number of nitro groups is 1. The highest BCUT2D eigenvalue weighted by molar-refractivity contribution is 5.77. The average Bonchev–Trinajstić information content (AvgIpc) is 2.38. The number of hydrogen-bond acceptors (Lipinski definition) is 4. The van der Waals surface area contributed by atoms with Gasteiger partial charge in [-0.3, -0.25) is 14.9 Å². The largest absolute Gasteiger partial charge is 0.496 e. The molecule has 1 aromatic rings. The van der Waals surface area contributed by atoms with Gasteiger partial charge in [-0.1, -0.05) is 18.2 Å². The third-order valence-corrected chi connectivity index (χ3v) is 3.11. The van der Waals surface area contributed by atoms with Crippen LogP contribution in [0.3, 0.4) is 0 Å². The van der Waals surface area contributed by atoms with E-state index in [-0.39, 0.29) is 23.7 Å². The molecule has 0 radical (unpaired) electrons. The second-order valence-corrected chi connectivity index (χ2v) is 4.18. The number of nitrogens with one attached hydrogen (secondary N) is 1. The maximum Gasteiger partial charge on any atom is 0.237 e. The van der Waals surface area contributed by atoms with Crippen molar-refractivity contribution in [2.24, 2.45) is 0 Å². The summed E-state index contributed by atoms with van der Waals surface area (Å²) in [5.74, 6) is 0.389. The topological polar surface area (TPSA) is 81.5 Å². The lowest BCUT2D eigenvalue weighted by Gasteiger charge is -2.27. The molecule has 0 saturated carbocycles. The fraction of sp³-hybridized carbons (Fsp3) is 0.417. The summed E-state index contributed by atoms with van der Waals surface area (Å²) >= 11 is 0. The first kappa shape index (κ1) is 12.3. The highest BCUT2D eigenvalue weighted by atomic mass is 16.6. The Balaban J connectivity index is 2.37. The van der Waals surface area contributed by atoms with Crippen molar-refractivity contribution < 1.29 is 14.5 Å². The molecule has 6 heteroatoms. The minimum atomic E-state index is -0.806. The molecule has 1 fully saturated rings. The van der Waals surface area contributed by atoms with Gasteiger partial charge in [0.05, 0.1) is 7.11 Å². The number of hydrogen-bond donors (Lipinski definition) is 1. The first-order valence-electron chi connectivity index (χ1n) is 5.69. The normalized spacial score (nSPS) is 23.3. The van der Waals surface area contributed by atoms with E-state index >= 15 is 0 Å². The van der Waals surface area contributed by atoms with Crippen LogP contribution in [0.15, 0.2) is 24.3 Å². The van der Waals surface area contributed by atoms with E-state index in [1.165, 1.54) is 7.11 Å². The van der Waals surface area contributed by atoms with Crippen LogP contribution in [-0.4, -0.2) is 24.0 Å². The molecular weight excluding hydrogens is 236 g/mol. The number of benzene rings is 1. The van der Waals surface area contributed by atoms with E-state index in [4.69, 9.17) is 4.74 Å². The van der Waals surface area contributed by atoms with E-state index in [2.05, 4.69) is 5.32 Å². The molecule has 1 aliphatic rings. The SMILES string of the molecule is COc1ccccc1[C@@H]1NC(=O)CC[C@H]1[N+](=O)[O-]. The van der Waals surface area contributed by atoms with Crippen LogP contribution in [0, 0.1) is 10.1 Å². The van der Waals surface area contributed by atoms with E-state index in [1.54, 1.807) is 24.3 Å². The monoisotopic (exact) mass is 250 g/mol. The van der Waals surface area contributed by atoms with E-state index in [0.29, 0.717) is 11.3 Å². The Morgan fingerprint density at radius 1 is 1.44 bits per heavy atom. The molecule has 0 bridgehead atoms. The Bertz CT molecular complexity index is 475. The summed E-state index contributed by atoms with van der Waals surface area (Å²) in [6.45, 7) is 0. The zero-order valence-electron chi connectivity index (χ0n) is 9.96. The average molecular weight is 250 g/mol. The minimum Gasteiger partial charge on any atom is -0.496 e. The molecule has 0 unspecified atom stereocenters. The number of amides is 1. The smallest absolute Gasteiger partial charge is 0.237 e. The second-order valence-electron chi connectivity index (χ2n) is 4.18. The van der Waals surface area contributed by atoms with Crippen LogP contribution in [0.4, 0.5) is 0 Å². The summed E-state index contributed by atoms with van der Waals surface area (Å²) in [6.07, 6.45) is 0.443. The first-order valence-corrected chi connectivity index (χ1v) is 5.69. The number of carbonyl (C=O) groups is 1. The van der Waals surface area contributed by atoms with Crippen molar-refractivity contribution >= 4 is 5.91 Å². The van der Waals surface area contributed by atoms with Crippen molar-refractivity contribution in [2.45, 2.75) is 24.9 Å². The molecule has 1 heterocycles. The van der Waals surface area contributed by atoms with Gasteiger partial charge in [0.15, 0.2) is 0 Å². The van der Waals surface area contributed by atoms with Crippen LogP contribution in [0.1, 0.15) is 24.4 Å². The van der Waals surface area contributed by atoms with Crippen LogP contribution in [0.25, 0.3) is 0 Å². The van der Waals surface area contributed by atoms with Gasteiger partial charge in [0.2, 0.25) is 11.9 Å². The van der Waals surface area contributed by atoms with E-state index in [1.807, 2.05) is 0 Å². The summed E-state index contributed by atoms with van der Waals surface area (Å²) in [5.41, 5.74) is 0.648. The van der Waals surface area contributed by atoms with Crippen molar-refractivity contribution in [3.63, 3.8) is 0 Å². The predicted molar refractivity (Wildman–Crippen MR) is 63.9 cm³/mol. The summed E-state index contributed by atoms with van der Waals surface area (Å²) in [4.78, 5) is 22.2. The van der Waals surface area contributed by atoms with Gasteiger partial charge >= 0.3 is 0 Å². The summed E-state index contributed by atoms with van der Waals surface area (Å²) in [5, 5.41) is 13.7. The van der Waals surface area contributed by atoms with Crippen LogP contribution >= 0.6 is 0 Å². The third kappa shape index (κ3) is 2.27. The second kappa shape index (κ2) is 5.03. The fourth-order valence-electron chi connectivity index (χ4n) is 2.22. The summed E-state index contributed by atoms with van der Waals surface area (Å²) in [6, 6.07) is 5.60. The minimum absolute atomic E-state index is 0.163. The summed E-state index contributed by atoms with van der Waals surface area (Å²) < 4.78 is 5.19. The molecule has 1 aliphatic heterocycles. The van der Waals surface area contributed by atoms with Crippen LogP contribution in [0.5, 0.6) is 5.75 Å². The maximum atomic E-state index is 11.4. The molecule has 0 aromatic heterocycles. The van der Waals surface area contributed by atoms with Crippen molar-refractivity contribution in [3.8, 4) is 5.75 Å². The number of carbonyl (C=O) groups excluding carboxylic acids is 1. The van der Waals surface area contributed by atoms with Gasteiger partial charge in [0, 0.05) is 23.3 Å². The van der Waals surface area contributed by atoms with Gasteiger partial charge in [0.1, 0.15) is 11.8 Å². The molecule has 0 aliphatic carbocycles. The molecule has 0 spiro atoms. The van der Waals surface area contributed by atoms with Gasteiger partial charge < -0.3 is 10.1 Å². The standard InChI is InChI=1S/C12H14N2O4/c1-18-10-5-3-2-4-8(10)12-9(14(16)17)6-7-11(15)13-12/h2-5,9,12H,6-7H2,1H3,(H,13,15)/t9-,12+/m1/s1. The van der Waals surface area contributed by atoms with Gasteiger partial charge in [0.25, 0.3) is 0 Å². The zero-order valence-corrected chi connectivity index (χ0v) is 9.96. The molecule has 2 atom stereocenters. The van der Waals surface area contributed by atoms with Crippen LogP contribution in [0.2, 0.25) is 0 Å². The lowest BCUT2D eigenvalue weighted by atomic mass is 9.92. The van der Waals surface area contributed by atoms with E-state index in [0.717, 1.165) is 0 Å². The molecular formula is C12H14N2O4. The molecule has 1 aromatic carbocycles. The van der Waals surface area contributed by atoms with Crippen molar-refractivity contribution in [1.82, 2.24) is 5.32 Å². The molecule has 6 nitrogen and oxygen atoms in total. The molecule has 2 rings (SSSR count). The lowest BCUT2D eigenvalue weighted by Crippen LogP contribution is -2.45. The Morgan fingerprint density at radius 3 is 2.83 bits per heavy atom. The van der Waals surface area contributed by atoms with Crippen LogP contribution in [-0.2, 0) is 4.79 Å². The quantitative estimate of drug-likeness (QED) is 0.647.